The van der Waals surface area contributed by atoms with E-state index in [-0.39, 0.29) is 30.8 Å². The summed E-state index contributed by atoms with van der Waals surface area (Å²) >= 11 is 0. The average molecular weight is 601 g/mol. The van der Waals surface area contributed by atoms with E-state index in [1.54, 1.807) is 24.3 Å². The van der Waals surface area contributed by atoms with Crippen LogP contribution < -0.4 is 9.47 Å². The third-order valence-electron chi connectivity index (χ3n) is 8.91. The van der Waals surface area contributed by atoms with Gasteiger partial charge in [0.1, 0.15) is 11.5 Å². The van der Waals surface area contributed by atoms with E-state index in [4.69, 9.17) is 19.3 Å². The monoisotopic (exact) mass is 600 g/mol. The van der Waals surface area contributed by atoms with Gasteiger partial charge < -0.3 is 29.1 Å². The molecule has 6 rings (SSSR count). The minimum atomic E-state index is -1.02. The number of amides is 2. The molecule has 0 spiro atoms. The molecule has 0 bridgehead atoms. The molecular weight excluding hydrogens is 560 g/mol. The summed E-state index contributed by atoms with van der Waals surface area (Å²) in [6.45, 7) is 6.44. The molecule has 1 aromatic heterocycles. The largest absolute Gasteiger partial charge is 0.482 e. The van der Waals surface area contributed by atoms with E-state index in [1.165, 1.54) is 5.56 Å². The average Bonchev–Trinajstić information content (AvgIpc) is 3.40. The van der Waals surface area contributed by atoms with E-state index in [9.17, 15) is 9.59 Å². The molecule has 1 unspecified atom stereocenters. The molecule has 1 N–H and O–H groups in total. The number of hydrogen-bond acceptors (Lipinski definition) is 7. The van der Waals surface area contributed by atoms with Crippen LogP contribution in [0.15, 0.2) is 66.7 Å². The van der Waals surface area contributed by atoms with Gasteiger partial charge in [-0.25, -0.2) is 14.6 Å². The number of carbonyl (C=O) groups excluding carboxylic acids is 1. The first-order valence-electron chi connectivity index (χ1n) is 15.5. The summed E-state index contributed by atoms with van der Waals surface area (Å²) in [4.78, 5) is 36.0. The number of hydrogen-bond donors (Lipinski definition) is 1. The number of rotatable bonds is 10. The number of pyridine rings is 1. The summed E-state index contributed by atoms with van der Waals surface area (Å²) in [6.07, 6.45) is 3.70. The first kappa shape index (κ1) is 29.9. The number of likely N-dealkylation sites (tertiary alicyclic amines) is 1. The van der Waals surface area contributed by atoms with Gasteiger partial charge in [-0.2, -0.15) is 0 Å². The molecule has 1 atom stereocenters. The van der Waals surface area contributed by atoms with Crippen LogP contribution in [0.4, 0.5) is 4.79 Å². The predicted octanol–water partition coefficient (Wildman–Crippen LogP) is 5.27. The minimum Gasteiger partial charge on any atom is -0.482 e. The highest BCUT2D eigenvalue weighted by molar-refractivity contribution is 5.78. The second-order valence-corrected chi connectivity index (χ2v) is 11.8. The van der Waals surface area contributed by atoms with Crippen molar-refractivity contribution in [3.8, 4) is 17.4 Å². The maximum Gasteiger partial charge on any atom is 0.341 e. The zero-order chi connectivity index (χ0) is 30.5. The molecule has 3 aliphatic rings. The van der Waals surface area contributed by atoms with Crippen molar-refractivity contribution >= 4 is 12.0 Å². The summed E-state index contributed by atoms with van der Waals surface area (Å²) in [5.74, 6) is 0.530. The smallest absolute Gasteiger partial charge is 0.341 e. The molecule has 232 valence electrons. The van der Waals surface area contributed by atoms with Crippen molar-refractivity contribution in [2.24, 2.45) is 0 Å². The van der Waals surface area contributed by atoms with Gasteiger partial charge in [-0.1, -0.05) is 36.4 Å². The lowest BCUT2D eigenvalue weighted by atomic mass is 9.98. The fraction of sp³-hybridized carbons (Fsp3) is 0.441. The Hall–Kier alpha value is -4.15. The highest BCUT2D eigenvalue weighted by atomic mass is 16.5. The van der Waals surface area contributed by atoms with Gasteiger partial charge in [-0.15, -0.1) is 0 Å². The van der Waals surface area contributed by atoms with Crippen molar-refractivity contribution in [1.82, 2.24) is 19.7 Å². The number of aromatic nitrogens is 1. The Morgan fingerprint density at radius 2 is 1.64 bits per heavy atom. The number of carboxylic acid groups (broad SMARTS) is 1. The van der Waals surface area contributed by atoms with E-state index in [2.05, 4.69) is 50.0 Å². The van der Waals surface area contributed by atoms with Gasteiger partial charge in [-0.3, -0.25) is 4.90 Å². The van der Waals surface area contributed by atoms with Crippen molar-refractivity contribution in [3.63, 3.8) is 0 Å². The summed E-state index contributed by atoms with van der Waals surface area (Å²) in [5, 5.41) is 8.76. The van der Waals surface area contributed by atoms with Crippen LogP contribution in [0.1, 0.15) is 48.5 Å². The topological polar surface area (TPSA) is 105 Å². The summed E-state index contributed by atoms with van der Waals surface area (Å²) in [7, 11) is 0. The molecule has 3 fully saturated rings. The fourth-order valence-electron chi connectivity index (χ4n) is 6.54. The Morgan fingerprint density at radius 3 is 2.32 bits per heavy atom. The fourth-order valence-corrected chi connectivity index (χ4v) is 6.54. The molecule has 10 nitrogen and oxygen atoms in total. The quantitative estimate of drug-likeness (QED) is 0.336. The van der Waals surface area contributed by atoms with Crippen LogP contribution in [-0.4, -0.2) is 88.3 Å². The SMILES string of the molecule is Cc1nc(Oc2ccc(OCC(=O)O)cc2)ccc1CN1CCC(N2C(=O)N(C3CCOCC3)CC2c2ccccc2)CC1. The number of urea groups is 1. The molecule has 2 aromatic carbocycles. The van der Waals surface area contributed by atoms with E-state index in [0.29, 0.717) is 17.4 Å². The maximum atomic E-state index is 13.9. The molecule has 3 aromatic rings. The van der Waals surface area contributed by atoms with Gasteiger partial charge in [0.2, 0.25) is 5.88 Å². The molecule has 0 aliphatic carbocycles. The molecule has 10 heteroatoms. The van der Waals surface area contributed by atoms with Crippen LogP contribution in [0, 0.1) is 6.92 Å². The molecule has 3 saturated heterocycles. The predicted molar refractivity (Wildman–Crippen MR) is 164 cm³/mol. The third kappa shape index (κ3) is 6.97. The lowest BCUT2D eigenvalue weighted by molar-refractivity contribution is -0.139. The van der Waals surface area contributed by atoms with Crippen molar-refractivity contribution in [2.45, 2.75) is 57.3 Å². The standard InChI is InChI=1S/C34H40N4O6/c1-24-26(7-12-32(35-24)44-30-10-8-29(9-11-30)43-23-33(39)40)21-36-17-13-28(14-18-36)38-31(25-5-3-2-4-6-25)22-37(34(38)41)27-15-19-42-20-16-27/h2-12,27-28,31H,13-23H2,1H3,(H,39,40). The second-order valence-electron chi connectivity index (χ2n) is 11.8. The van der Waals surface area contributed by atoms with Crippen LogP contribution >= 0.6 is 0 Å². The molecule has 4 heterocycles. The van der Waals surface area contributed by atoms with Gasteiger partial charge in [0.15, 0.2) is 6.61 Å². The summed E-state index contributed by atoms with van der Waals surface area (Å²) in [6, 6.07) is 21.9. The summed E-state index contributed by atoms with van der Waals surface area (Å²) < 4.78 is 16.7. The van der Waals surface area contributed by atoms with Crippen molar-refractivity contribution < 1.29 is 28.9 Å². The number of piperidine rings is 1. The third-order valence-corrected chi connectivity index (χ3v) is 8.91. The number of nitrogens with zero attached hydrogens (tertiary/aromatic N) is 4. The van der Waals surface area contributed by atoms with Gasteiger partial charge in [-0.05, 0) is 68.0 Å². The van der Waals surface area contributed by atoms with Gasteiger partial charge >= 0.3 is 12.0 Å². The molecule has 2 amide bonds. The van der Waals surface area contributed by atoms with Crippen LogP contribution in [0.3, 0.4) is 0 Å². The normalized spacial score (nSPS) is 20.2. The van der Waals surface area contributed by atoms with E-state index in [1.807, 2.05) is 19.1 Å². The van der Waals surface area contributed by atoms with Crippen LogP contribution in [0.2, 0.25) is 0 Å². The number of ether oxygens (including phenoxy) is 3. The van der Waals surface area contributed by atoms with E-state index >= 15 is 0 Å². The Balaban J connectivity index is 1.06. The maximum absolute atomic E-state index is 13.9. The van der Waals surface area contributed by atoms with Gasteiger partial charge in [0.25, 0.3) is 0 Å². The first-order chi connectivity index (χ1) is 21.4. The summed E-state index contributed by atoms with van der Waals surface area (Å²) in [5.41, 5.74) is 3.28. The Kier molecular flexibility index (Phi) is 9.28. The Morgan fingerprint density at radius 1 is 0.932 bits per heavy atom. The van der Waals surface area contributed by atoms with Crippen LogP contribution in [-0.2, 0) is 16.1 Å². The van der Waals surface area contributed by atoms with Crippen molar-refractivity contribution in [3.05, 3.63) is 83.6 Å². The number of aryl methyl sites for hydroxylation is 1. The van der Waals surface area contributed by atoms with Crippen LogP contribution in [0.25, 0.3) is 0 Å². The lowest BCUT2D eigenvalue weighted by Gasteiger charge is -2.39. The number of benzene rings is 2. The minimum absolute atomic E-state index is 0.0792. The molecule has 0 radical (unpaired) electrons. The number of carbonyl (C=O) groups is 2. The molecule has 3 aliphatic heterocycles. The lowest BCUT2D eigenvalue weighted by Crippen LogP contribution is -2.48. The highest BCUT2D eigenvalue weighted by Crippen LogP contribution is 2.37. The zero-order valence-corrected chi connectivity index (χ0v) is 25.1. The molecule has 0 saturated carbocycles. The van der Waals surface area contributed by atoms with Gasteiger partial charge in [0.05, 0.1) is 6.04 Å². The van der Waals surface area contributed by atoms with Crippen molar-refractivity contribution in [2.75, 3.05) is 39.5 Å². The number of carboxylic acids is 1. The first-order valence-corrected chi connectivity index (χ1v) is 15.5. The van der Waals surface area contributed by atoms with Crippen molar-refractivity contribution in [1.29, 1.82) is 0 Å². The van der Waals surface area contributed by atoms with Crippen LogP contribution in [0.5, 0.6) is 17.4 Å². The Labute approximate surface area is 258 Å². The van der Waals surface area contributed by atoms with E-state index < -0.39 is 5.97 Å². The molecular formula is C34H40N4O6. The van der Waals surface area contributed by atoms with Gasteiger partial charge in [0, 0.05) is 63.2 Å². The second kappa shape index (κ2) is 13.7. The zero-order valence-electron chi connectivity index (χ0n) is 25.1. The number of aliphatic carboxylic acids is 1. The highest BCUT2D eigenvalue weighted by Gasteiger charge is 2.45. The molecule has 44 heavy (non-hydrogen) atoms. The van der Waals surface area contributed by atoms with E-state index in [0.717, 1.165) is 76.3 Å². The Bertz CT molecular complexity index is 1420.